The second kappa shape index (κ2) is 4.27. The molecule has 50 valence electrons. The van der Waals surface area contributed by atoms with Crippen LogP contribution in [0.4, 0.5) is 0 Å². The van der Waals surface area contributed by atoms with Gasteiger partial charge in [-0.15, -0.1) is 0 Å². The molecule has 0 aliphatic heterocycles. The van der Waals surface area contributed by atoms with Crippen molar-refractivity contribution in [2.45, 2.75) is 13.8 Å². The van der Waals surface area contributed by atoms with E-state index in [9.17, 15) is 0 Å². The number of hydrogen-bond acceptors (Lipinski definition) is 2. The molecule has 3 heteroatoms. The van der Waals surface area contributed by atoms with Gasteiger partial charge in [-0.25, -0.2) is 4.99 Å². The highest BCUT2D eigenvalue weighted by molar-refractivity contribution is 6.30. The number of aliphatic imine (C=N–C) groups is 2. The normalized spacial score (nSPS) is 13.7. The summed E-state index contributed by atoms with van der Waals surface area (Å²) >= 11 is 5.58. The van der Waals surface area contributed by atoms with Crippen LogP contribution in [0, 0.1) is 0 Å². The highest BCUT2D eigenvalue weighted by Gasteiger charge is 1.89. The summed E-state index contributed by atoms with van der Waals surface area (Å²) in [5, 5.41) is 0.396. The van der Waals surface area contributed by atoms with E-state index in [1.807, 2.05) is 0 Å². The van der Waals surface area contributed by atoms with E-state index in [1.54, 1.807) is 20.1 Å². The van der Waals surface area contributed by atoms with Crippen LogP contribution in [0.2, 0.25) is 0 Å². The molecule has 0 fully saturated rings. The van der Waals surface area contributed by atoms with Crippen molar-refractivity contribution >= 4 is 24.5 Å². The van der Waals surface area contributed by atoms with Crippen molar-refractivity contribution in [2.24, 2.45) is 9.98 Å². The van der Waals surface area contributed by atoms with Crippen LogP contribution in [0.15, 0.2) is 20.8 Å². The SMILES string of the molecule is C=N/C(C)=C(Cl)\N=C/C. The molecule has 0 aromatic carbocycles. The lowest BCUT2D eigenvalue weighted by molar-refractivity contribution is 1.26. The Morgan fingerprint density at radius 3 is 2.56 bits per heavy atom. The first-order valence-corrected chi connectivity index (χ1v) is 2.92. The average Bonchev–Trinajstić information content (AvgIpc) is 1.87. The number of allylic oxidation sites excluding steroid dienone is 1. The van der Waals surface area contributed by atoms with Crippen LogP contribution in [0.5, 0.6) is 0 Å². The van der Waals surface area contributed by atoms with E-state index >= 15 is 0 Å². The molecule has 9 heavy (non-hydrogen) atoms. The molecule has 0 radical (unpaired) electrons. The molecule has 0 N–H and O–H groups in total. The van der Waals surface area contributed by atoms with Gasteiger partial charge in [0.1, 0.15) is 5.16 Å². The number of nitrogens with zero attached hydrogens (tertiary/aromatic N) is 2. The van der Waals surface area contributed by atoms with Gasteiger partial charge in [-0.1, -0.05) is 11.6 Å². The fraction of sp³-hybridized carbons (Fsp3) is 0.333. The van der Waals surface area contributed by atoms with Crippen LogP contribution in [-0.2, 0) is 0 Å². The van der Waals surface area contributed by atoms with Gasteiger partial charge < -0.3 is 0 Å². The topological polar surface area (TPSA) is 24.7 Å². The first-order chi connectivity index (χ1) is 4.22. The Morgan fingerprint density at radius 2 is 2.22 bits per heavy atom. The zero-order valence-corrected chi connectivity index (χ0v) is 6.31. The first-order valence-electron chi connectivity index (χ1n) is 2.54. The highest BCUT2D eigenvalue weighted by Crippen LogP contribution is 2.09. The lowest BCUT2D eigenvalue weighted by atomic mass is 10.5. The predicted molar refractivity (Wildman–Crippen MR) is 42.3 cm³/mol. The minimum Gasteiger partial charge on any atom is -0.266 e. The summed E-state index contributed by atoms with van der Waals surface area (Å²) in [6, 6.07) is 0. The third-order valence-corrected chi connectivity index (χ3v) is 1.15. The summed E-state index contributed by atoms with van der Waals surface area (Å²) in [6.45, 7) is 6.84. The molecule has 0 aromatic heterocycles. The predicted octanol–water partition coefficient (Wildman–Crippen LogP) is 2.21. The minimum atomic E-state index is 0.396. The molecular weight excluding hydrogens is 136 g/mol. The standard InChI is InChI=1S/C6H9ClN2/c1-4-9-6(7)5(2)8-3/h4H,3H2,1-2H3/b6-5-,9-4-. The molecule has 0 spiro atoms. The Kier molecular flexibility index (Phi) is 3.97. The van der Waals surface area contributed by atoms with E-state index in [0.29, 0.717) is 10.9 Å². The molecule has 0 rings (SSSR count). The third-order valence-electron chi connectivity index (χ3n) is 0.778. The molecule has 0 aromatic rings. The van der Waals surface area contributed by atoms with Gasteiger partial charge in [-0.2, -0.15) is 0 Å². The van der Waals surface area contributed by atoms with Crippen molar-refractivity contribution in [3.8, 4) is 0 Å². The van der Waals surface area contributed by atoms with Crippen LogP contribution in [0.1, 0.15) is 13.8 Å². The van der Waals surface area contributed by atoms with E-state index in [4.69, 9.17) is 11.6 Å². The van der Waals surface area contributed by atoms with Gasteiger partial charge in [0.25, 0.3) is 0 Å². The molecular formula is C6H9ClN2. The number of hydrogen-bond donors (Lipinski definition) is 0. The van der Waals surface area contributed by atoms with Crippen molar-refractivity contribution in [2.75, 3.05) is 0 Å². The smallest absolute Gasteiger partial charge is 0.149 e. The van der Waals surface area contributed by atoms with E-state index in [1.165, 1.54) is 0 Å². The van der Waals surface area contributed by atoms with Crippen LogP contribution in [0.3, 0.4) is 0 Å². The monoisotopic (exact) mass is 144 g/mol. The fourth-order valence-corrected chi connectivity index (χ4v) is 0.429. The van der Waals surface area contributed by atoms with Gasteiger partial charge in [0.15, 0.2) is 0 Å². The van der Waals surface area contributed by atoms with Gasteiger partial charge >= 0.3 is 0 Å². The Labute approximate surface area is 60.0 Å². The van der Waals surface area contributed by atoms with Gasteiger partial charge in [0, 0.05) is 6.21 Å². The Morgan fingerprint density at radius 1 is 1.67 bits per heavy atom. The van der Waals surface area contributed by atoms with Crippen molar-refractivity contribution in [3.63, 3.8) is 0 Å². The van der Waals surface area contributed by atoms with E-state index in [0.717, 1.165) is 0 Å². The molecule has 0 unspecified atom stereocenters. The first kappa shape index (κ1) is 8.37. The zero-order chi connectivity index (χ0) is 7.28. The van der Waals surface area contributed by atoms with Crippen LogP contribution < -0.4 is 0 Å². The summed E-state index contributed by atoms with van der Waals surface area (Å²) in [5.74, 6) is 0. The van der Waals surface area contributed by atoms with Crippen molar-refractivity contribution in [3.05, 3.63) is 10.9 Å². The summed E-state index contributed by atoms with van der Waals surface area (Å²) in [4.78, 5) is 7.37. The molecule has 0 aliphatic rings. The maximum absolute atomic E-state index is 5.58. The lowest BCUT2D eigenvalue weighted by Gasteiger charge is -1.89. The van der Waals surface area contributed by atoms with E-state index in [2.05, 4.69) is 16.7 Å². The largest absolute Gasteiger partial charge is 0.266 e. The average molecular weight is 145 g/mol. The maximum atomic E-state index is 5.58. The Balaban J connectivity index is 4.27. The van der Waals surface area contributed by atoms with Gasteiger partial charge in [-0.3, -0.25) is 4.99 Å². The molecule has 0 saturated carbocycles. The van der Waals surface area contributed by atoms with E-state index < -0.39 is 0 Å². The highest BCUT2D eigenvalue weighted by atomic mass is 35.5. The molecule has 0 aliphatic carbocycles. The second-order valence-corrected chi connectivity index (χ2v) is 1.78. The minimum absolute atomic E-state index is 0.396. The summed E-state index contributed by atoms with van der Waals surface area (Å²) in [6.07, 6.45) is 1.61. The quantitative estimate of drug-likeness (QED) is 0.419. The molecule has 0 amide bonds. The van der Waals surface area contributed by atoms with Crippen molar-refractivity contribution in [1.82, 2.24) is 0 Å². The zero-order valence-electron chi connectivity index (χ0n) is 5.56. The lowest BCUT2D eigenvalue weighted by Crippen LogP contribution is -1.72. The van der Waals surface area contributed by atoms with Gasteiger partial charge in [0.2, 0.25) is 0 Å². The maximum Gasteiger partial charge on any atom is 0.149 e. The second-order valence-electron chi connectivity index (χ2n) is 1.42. The summed E-state index contributed by atoms with van der Waals surface area (Å²) < 4.78 is 0. The molecule has 0 bridgehead atoms. The fourth-order valence-electron chi connectivity index (χ4n) is 0.272. The summed E-state index contributed by atoms with van der Waals surface area (Å²) in [7, 11) is 0. The van der Waals surface area contributed by atoms with Gasteiger partial charge in [0.05, 0.1) is 5.70 Å². The molecule has 0 saturated heterocycles. The number of rotatable bonds is 2. The molecule has 2 nitrogen and oxygen atoms in total. The van der Waals surface area contributed by atoms with Crippen LogP contribution in [-0.4, -0.2) is 12.9 Å². The molecule has 0 heterocycles. The number of halogens is 1. The summed E-state index contributed by atoms with van der Waals surface area (Å²) in [5.41, 5.74) is 0.648. The van der Waals surface area contributed by atoms with E-state index in [-0.39, 0.29) is 0 Å². The van der Waals surface area contributed by atoms with Crippen molar-refractivity contribution < 1.29 is 0 Å². The third kappa shape index (κ3) is 3.03. The van der Waals surface area contributed by atoms with Crippen molar-refractivity contribution in [1.29, 1.82) is 0 Å². The van der Waals surface area contributed by atoms with Crippen LogP contribution in [0.25, 0.3) is 0 Å². The van der Waals surface area contributed by atoms with Gasteiger partial charge in [-0.05, 0) is 20.6 Å². The molecule has 0 atom stereocenters. The Bertz CT molecular complexity index is 158. The Hall–Kier alpha value is -0.630. The van der Waals surface area contributed by atoms with Crippen LogP contribution >= 0.6 is 11.6 Å².